The molecule has 3 aromatic rings. The van der Waals surface area contributed by atoms with E-state index in [1.165, 1.54) is 6.42 Å². The molecule has 1 aromatic heterocycles. The second kappa shape index (κ2) is 7.88. The molecule has 2 heterocycles. The second-order valence-electron chi connectivity index (χ2n) is 6.84. The minimum atomic E-state index is 0.135. The van der Waals surface area contributed by atoms with E-state index in [1.54, 1.807) is 0 Å². The lowest BCUT2D eigenvalue weighted by Gasteiger charge is -2.26. The highest BCUT2D eigenvalue weighted by molar-refractivity contribution is 7.71. The number of likely N-dealkylation sites (tertiary alicyclic amines) is 1. The van der Waals surface area contributed by atoms with Gasteiger partial charge in [-0.3, -0.25) is 4.79 Å². The van der Waals surface area contributed by atoms with Gasteiger partial charge in [0.2, 0.25) is 0 Å². The Morgan fingerprint density at radius 1 is 1.07 bits per heavy atom. The Balaban J connectivity index is 1.46. The molecule has 0 unspecified atom stereocenters. The summed E-state index contributed by atoms with van der Waals surface area (Å²) in [6.07, 6.45) is 3.43. The van der Waals surface area contributed by atoms with Crippen LogP contribution in [0.5, 0.6) is 0 Å². The van der Waals surface area contributed by atoms with Crippen LogP contribution in [0.3, 0.4) is 0 Å². The number of amides is 1. The third-order valence-corrected chi connectivity index (χ3v) is 5.13. The van der Waals surface area contributed by atoms with Crippen molar-refractivity contribution in [2.24, 2.45) is 0 Å². The van der Waals surface area contributed by atoms with Gasteiger partial charge in [0.1, 0.15) is 5.82 Å². The molecule has 0 saturated carbocycles. The van der Waals surface area contributed by atoms with Gasteiger partial charge in [-0.1, -0.05) is 24.3 Å². The SMILES string of the molecule is O=C(c1ccc(CNc2nc(=S)[nH]c3ccccc23)cc1)N1CCCCC1. The summed E-state index contributed by atoms with van der Waals surface area (Å²) in [6, 6.07) is 15.8. The minimum Gasteiger partial charge on any atom is -0.365 e. The maximum absolute atomic E-state index is 12.6. The Morgan fingerprint density at radius 3 is 2.59 bits per heavy atom. The molecule has 1 aliphatic heterocycles. The molecule has 5 nitrogen and oxygen atoms in total. The van der Waals surface area contributed by atoms with Crippen LogP contribution in [0.25, 0.3) is 10.9 Å². The van der Waals surface area contributed by atoms with Crippen molar-refractivity contribution in [2.45, 2.75) is 25.8 Å². The van der Waals surface area contributed by atoms with Crippen molar-refractivity contribution in [1.82, 2.24) is 14.9 Å². The van der Waals surface area contributed by atoms with E-state index in [1.807, 2.05) is 53.4 Å². The summed E-state index contributed by atoms with van der Waals surface area (Å²) in [4.78, 5) is 22.0. The number of rotatable bonds is 4. The Labute approximate surface area is 163 Å². The number of hydrogen-bond acceptors (Lipinski definition) is 4. The standard InChI is InChI=1S/C21H22N4OS/c26-20(25-12-4-1-5-13-25)16-10-8-15(9-11-16)14-22-19-17-6-2-3-7-18(17)23-21(27)24-19/h2-3,6-11H,1,4-5,12-14H2,(H2,22,23,24,27). The normalized spacial score (nSPS) is 14.3. The van der Waals surface area contributed by atoms with E-state index in [4.69, 9.17) is 12.2 Å². The molecule has 2 N–H and O–H groups in total. The number of aromatic amines is 1. The van der Waals surface area contributed by atoms with Gasteiger partial charge in [0.25, 0.3) is 5.91 Å². The molecule has 1 fully saturated rings. The zero-order valence-electron chi connectivity index (χ0n) is 15.1. The quantitative estimate of drug-likeness (QED) is 0.655. The van der Waals surface area contributed by atoms with Crippen LogP contribution in [-0.4, -0.2) is 33.9 Å². The Bertz CT molecular complexity index is 1010. The van der Waals surface area contributed by atoms with Gasteiger partial charge >= 0.3 is 0 Å². The predicted octanol–water partition coefficient (Wildman–Crippen LogP) is 4.53. The third kappa shape index (κ3) is 4.01. The van der Waals surface area contributed by atoms with Crippen molar-refractivity contribution in [3.05, 3.63) is 64.4 Å². The topological polar surface area (TPSA) is 61.0 Å². The summed E-state index contributed by atoms with van der Waals surface area (Å²) in [5, 5.41) is 4.37. The monoisotopic (exact) mass is 378 g/mol. The highest BCUT2D eigenvalue weighted by Crippen LogP contribution is 2.20. The van der Waals surface area contributed by atoms with Gasteiger partial charge in [0.15, 0.2) is 4.77 Å². The summed E-state index contributed by atoms with van der Waals surface area (Å²) in [5.41, 5.74) is 2.81. The van der Waals surface area contributed by atoms with Crippen LogP contribution in [-0.2, 0) is 6.54 Å². The van der Waals surface area contributed by atoms with Crippen LogP contribution in [0.15, 0.2) is 48.5 Å². The first-order chi connectivity index (χ1) is 13.2. The van der Waals surface area contributed by atoms with Gasteiger partial charge in [-0.15, -0.1) is 0 Å². The molecule has 1 aliphatic rings. The molecule has 138 valence electrons. The first-order valence-corrected chi connectivity index (χ1v) is 9.73. The van der Waals surface area contributed by atoms with Gasteiger partial charge < -0.3 is 15.2 Å². The van der Waals surface area contributed by atoms with Crippen molar-refractivity contribution >= 4 is 34.8 Å². The lowest BCUT2D eigenvalue weighted by Crippen LogP contribution is -2.35. The lowest BCUT2D eigenvalue weighted by molar-refractivity contribution is 0.0724. The highest BCUT2D eigenvalue weighted by Gasteiger charge is 2.17. The number of nitrogens with zero attached hydrogens (tertiary/aromatic N) is 2. The molecule has 6 heteroatoms. The van der Waals surface area contributed by atoms with E-state index >= 15 is 0 Å². The van der Waals surface area contributed by atoms with Gasteiger partial charge in [-0.05, 0) is 61.3 Å². The van der Waals surface area contributed by atoms with Crippen molar-refractivity contribution in [1.29, 1.82) is 0 Å². The fourth-order valence-corrected chi connectivity index (χ4v) is 3.67. The molecule has 4 rings (SSSR count). The van der Waals surface area contributed by atoms with Crippen molar-refractivity contribution in [2.75, 3.05) is 18.4 Å². The molecule has 27 heavy (non-hydrogen) atoms. The maximum atomic E-state index is 12.6. The van der Waals surface area contributed by atoms with Crippen LogP contribution in [0.2, 0.25) is 0 Å². The summed E-state index contributed by atoms with van der Waals surface area (Å²) in [7, 11) is 0. The van der Waals surface area contributed by atoms with E-state index in [-0.39, 0.29) is 5.91 Å². The fourth-order valence-electron chi connectivity index (χ4n) is 3.47. The first-order valence-electron chi connectivity index (χ1n) is 9.32. The van der Waals surface area contributed by atoms with Gasteiger partial charge in [0, 0.05) is 30.6 Å². The number of piperidine rings is 1. The van der Waals surface area contributed by atoms with Crippen molar-refractivity contribution in [3.63, 3.8) is 0 Å². The molecule has 0 radical (unpaired) electrons. The number of hydrogen-bond donors (Lipinski definition) is 2. The van der Waals surface area contributed by atoms with Crippen LogP contribution in [0.1, 0.15) is 35.2 Å². The summed E-state index contributed by atoms with van der Waals surface area (Å²) >= 11 is 5.22. The molecule has 0 bridgehead atoms. The van der Waals surface area contributed by atoms with Crippen LogP contribution < -0.4 is 5.32 Å². The predicted molar refractivity (Wildman–Crippen MR) is 110 cm³/mol. The van der Waals surface area contributed by atoms with E-state index < -0.39 is 0 Å². The van der Waals surface area contributed by atoms with E-state index in [9.17, 15) is 4.79 Å². The van der Waals surface area contributed by atoms with Gasteiger partial charge in [-0.2, -0.15) is 0 Å². The minimum absolute atomic E-state index is 0.135. The second-order valence-corrected chi connectivity index (χ2v) is 7.23. The third-order valence-electron chi connectivity index (χ3n) is 4.94. The number of H-pyrrole nitrogens is 1. The van der Waals surface area contributed by atoms with E-state index in [0.29, 0.717) is 11.3 Å². The number of para-hydroxylation sites is 1. The number of nitrogens with one attached hydrogen (secondary N) is 2. The van der Waals surface area contributed by atoms with Crippen molar-refractivity contribution in [3.8, 4) is 0 Å². The average molecular weight is 379 g/mol. The molecular formula is C21H22N4OS. The van der Waals surface area contributed by atoms with Gasteiger partial charge in [-0.25, -0.2) is 4.98 Å². The number of anilines is 1. The average Bonchev–Trinajstić information content (AvgIpc) is 2.72. The molecule has 0 aliphatic carbocycles. The molecule has 2 aromatic carbocycles. The Kier molecular flexibility index (Phi) is 5.16. The number of aromatic nitrogens is 2. The molecule has 1 amide bonds. The molecule has 0 atom stereocenters. The fraction of sp³-hybridized carbons (Fsp3) is 0.286. The molecular weight excluding hydrogens is 356 g/mol. The Hall–Kier alpha value is -2.73. The zero-order chi connectivity index (χ0) is 18.6. The number of benzene rings is 2. The smallest absolute Gasteiger partial charge is 0.253 e. The van der Waals surface area contributed by atoms with Crippen molar-refractivity contribution < 1.29 is 4.79 Å². The van der Waals surface area contributed by atoms with E-state index in [0.717, 1.165) is 53.8 Å². The summed E-state index contributed by atoms with van der Waals surface area (Å²) in [5.74, 6) is 0.902. The first kappa shape index (κ1) is 17.7. The van der Waals surface area contributed by atoms with Crippen LogP contribution in [0, 0.1) is 4.77 Å². The van der Waals surface area contributed by atoms with Crippen LogP contribution >= 0.6 is 12.2 Å². The lowest BCUT2D eigenvalue weighted by atomic mass is 10.1. The maximum Gasteiger partial charge on any atom is 0.253 e. The largest absolute Gasteiger partial charge is 0.365 e. The van der Waals surface area contributed by atoms with Crippen LogP contribution in [0.4, 0.5) is 5.82 Å². The number of carbonyl (C=O) groups excluding carboxylic acids is 1. The number of fused-ring (bicyclic) bond motifs is 1. The zero-order valence-corrected chi connectivity index (χ0v) is 15.9. The highest BCUT2D eigenvalue weighted by atomic mass is 32.1. The summed E-state index contributed by atoms with van der Waals surface area (Å²) in [6.45, 7) is 2.36. The molecule has 0 spiro atoms. The summed E-state index contributed by atoms with van der Waals surface area (Å²) < 4.78 is 0.457. The number of carbonyl (C=O) groups is 1. The van der Waals surface area contributed by atoms with Gasteiger partial charge in [0.05, 0.1) is 5.52 Å². The Morgan fingerprint density at radius 2 is 1.81 bits per heavy atom. The molecule has 1 saturated heterocycles. The van der Waals surface area contributed by atoms with E-state index in [2.05, 4.69) is 15.3 Å².